The Morgan fingerprint density at radius 3 is 2.87 bits per heavy atom. The number of hydrogen-bond acceptors (Lipinski definition) is 5. The lowest BCUT2D eigenvalue weighted by molar-refractivity contribution is 0.0732. The standard InChI is InChI=1S/C15H22BrClN4O2/c1-2-3-8-18-15(22)23-11-6-4-10(5-7-11)20-13-12(16)9-19-14(17)21-13/h9-11H,2-8H2,1H3,(H,18,22)(H,19,20,21)/t10-,11-. The fourth-order valence-corrected chi connectivity index (χ4v) is 2.96. The van der Waals surface area contributed by atoms with Crippen LogP contribution in [0.1, 0.15) is 45.4 Å². The maximum Gasteiger partial charge on any atom is 0.407 e. The number of amides is 1. The van der Waals surface area contributed by atoms with E-state index >= 15 is 0 Å². The molecular formula is C15H22BrClN4O2. The molecule has 0 spiro atoms. The monoisotopic (exact) mass is 404 g/mol. The Balaban J connectivity index is 1.73. The number of carbonyl (C=O) groups is 1. The fourth-order valence-electron chi connectivity index (χ4n) is 2.53. The Hall–Kier alpha value is -1.08. The van der Waals surface area contributed by atoms with E-state index in [1.54, 1.807) is 6.20 Å². The minimum atomic E-state index is -0.305. The number of ether oxygens (including phenoxy) is 1. The van der Waals surface area contributed by atoms with Crippen molar-refractivity contribution in [2.45, 2.75) is 57.6 Å². The van der Waals surface area contributed by atoms with E-state index in [1.165, 1.54) is 0 Å². The van der Waals surface area contributed by atoms with Crippen LogP contribution in [-0.2, 0) is 4.74 Å². The van der Waals surface area contributed by atoms with Gasteiger partial charge in [-0.3, -0.25) is 0 Å². The second-order valence-electron chi connectivity index (χ2n) is 5.64. The van der Waals surface area contributed by atoms with Gasteiger partial charge in [0.1, 0.15) is 11.9 Å². The van der Waals surface area contributed by atoms with E-state index in [-0.39, 0.29) is 17.5 Å². The SMILES string of the molecule is CCCCNC(=O)O[C@H]1CC[C@H](Nc2nc(Cl)ncc2Br)CC1. The molecular weight excluding hydrogens is 384 g/mol. The predicted octanol–water partition coefficient (Wildman–Crippen LogP) is 4.14. The summed E-state index contributed by atoms with van der Waals surface area (Å²) in [7, 11) is 0. The zero-order valence-corrected chi connectivity index (χ0v) is 15.5. The van der Waals surface area contributed by atoms with Gasteiger partial charge in [-0.05, 0) is 59.6 Å². The summed E-state index contributed by atoms with van der Waals surface area (Å²) in [6.45, 7) is 2.76. The van der Waals surface area contributed by atoms with E-state index in [1.807, 2.05) is 0 Å². The van der Waals surface area contributed by atoms with Gasteiger partial charge in [-0.1, -0.05) is 13.3 Å². The molecule has 0 aliphatic heterocycles. The number of nitrogens with one attached hydrogen (secondary N) is 2. The van der Waals surface area contributed by atoms with E-state index < -0.39 is 0 Å². The highest BCUT2D eigenvalue weighted by Crippen LogP contribution is 2.27. The van der Waals surface area contributed by atoms with Crippen LogP contribution in [0.4, 0.5) is 10.6 Å². The van der Waals surface area contributed by atoms with Crippen LogP contribution in [0.2, 0.25) is 5.28 Å². The number of aromatic nitrogens is 2. The average molecular weight is 406 g/mol. The van der Waals surface area contributed by atoms with Crippen molar-refractivity contribution in [3.8, 4) is 0 Å². The highest BCUT2D eigenvalue weighted by molar-refractivity contribution is 9.10. The first-order valence-electron chi connectivity index (χ1n) is 7.97. The largest absolute Gasteiger partial charge is 0.446 e. The molecule has 0 atom stereocenters. The van der Waals surface area contributed by atoms with Crippen LogP contribution in [0.15, 0.2) is 10.7 Å². The van der Waals surface area contributed by atoms with Gasteiger partial charge in [-0.2, -0.15) is 4.98 Å². The molecule has 0 bridgehead atoms. The van der Waals surface area contributed by atoms with E-state index in [0.717, 1.165) is 43.0 Å². The molecule has 0 radical (unpaired) electrons. The molecule has 1 aliphatic carbocycles. The van der Waals surface area contributed by atoms with Gasteiger partial charge >= 0.3 is 6.09 Å². The van der Waals surface area contributed by atoms with Crippen LogP contribution in [0.3, 0.4) is 0 Å². The van der Waals surface area contributed by atoms with Gasteiger partial charge in [0.2, 0.25) is 5.28 Å². The molecule has 1 aromatic heterocycles. The van der Waals surface area contributed by atoms with Gasteiger partial charge in [0, 0.05) is 18.8 Å². The molecule has 8 heteroatoms. The van der Waals surface area contributed by atoms with Crippen molar-refractivity contribution >= 4 is 39.4 Å². The van der Waals surface area contributed by atoms with Crippen molar-refractivity contribution in [3.63, 3.8) is 0 Å². The first-order chi connectivity index (χ1) is 11.1. The molecule has 128 valence electrons. The van der Waals surface area contributed by atoms with E-state index in [2.05, 4.69) is 43.5 Å². The van der Waals surface area contributed by atoms with Crippen LogP contribution in [-0.4, -0.2) is 34.8 Å². The second kappa shape index (κ2) is 9.27. The fraction of sp³-hybridized carbons (Fsp3) is 0.667. The Morgan fingerprint density at radius 1 is 1.43 bits per heavy atom. The summed E-state index contributed by atoms with van der Waals surface area (Å²) in [4.78, 5) is 19.7. The number of rotatable bonds is 6. The van der Waals surface area contributed by atoms with Crippen molar-refractivity contribution in [1.29, 1.82) is 0 Å². The molecule has 0 aromatic carbocycles. The first kappa shape index (κ1) is 18.3. The lowest BCUT2D eigenvalue weighted by Crippen LogP contribution is -2.34. The molecule has 0 unspecified atom stereocenters. The number of carbonyl (C=O) groups excluding carboxylic acids is 1. The van der Waals surface area contributed by atoms with Gasteiger partial charge in [-0.25, -0.2) is 9.78 Å². The maximum atomic E-state index is 11.7. The minimum absolute atomic E-state index is 0.00731. The average Bonchev–Trinajstić information content (AvgIpc) is 2.53. The smallest absolute Gasteiger partial charge is 0.407 e. The maximum absolute atomic E-state index is 11.7. The molecule has 1 amide bonds. The van der Waals surface area contributed by atoms with E-state index in [9.17, 15) is 4.79 Å². The quantitative estimate of drug-likeness (QED) is 0.549. The van der Waals surface area contributed by atoms with Crippen LogP contribution >= 0.6 is 27.5 Å². The summed E-state index contributed by atoms with van der Waals surface area (Å²) in [5, 5.41) is 6.37. The summed E-state index contributed by atoms with van der Waals surface area (Å²) in [5.74, 6) is 0.701. The van der Waals surface area contributed by atoms with Crippen LogP contribution in [0.25, 0.3) is 0 Å². The van der Waals surface area contributed by atoms with E-state index in [4.69, 9.17) is 16.3 Å². The molecule has 6 nitrogen and oxygen atoms in total. The minimum Gasteiger partial charge on any atom is -0.446 e. The highest BCUT2D eigenvalue weighted by Gasteiger charge is 2.24. The summed E-state index contributed by atoms with van der Waals surface area (Å²) in [5.41, 5.74) is 0. The molecule has 2 N–H and O–H groups in total. The third-order valence-electron chi connectivity index (χ3n) is 3.80. The van der Waals surface area contributed by atoms with Gasteiger partial charge in [0.05, 0.1) is 4.47 Å². The van der Waals surface area contributed by atoms with Crippen molar-refractivity contribution in [2.24, 2.45) is 0 Å². The van der Waals surface area contributed by atoms with Gasteiger partial charge in [0.15, 0.2) is 0 Å². The van der Waals surface area contributed by atoms with Crippen LogP contribution in [0, 0.1) is 0 Å². The van der Waals surface area contributed by atoms with Crippen LogP contribution in [0.5, 0.6) is 0 Å². The van der Waals surface area contributed by atoms with Crippen molar-refractivity contribution in [3.05, 3.63) is 16.0 Å². The number of unbranched alkanes of at least 4 members (excludes halogenated alkanes) is 1. The zero-order chi connectivity index (χ0) is 16.7. The Morgan fingerprint density at radius 2 is 2.17 bits per heavy atom. The zero-order valence-electron chi connectivity index (χ0n) is 13.1. The molecule has 1 fully saturated rings. The topological polar surface area (TPSA) is 76.1 Å². The summed E-state index contributed by atoms with van der Waals surface area (Å²) in [6, 6.07) is 0.292. The molecule has 2 rings (SSSR count). The highest BCUT2D eigenvalue weighted by atomic mass is 79.9. The van der Waals surface area contributed by atoms with Crippen molar-refractivity contribution in [1.82, 2.24) is 15.3 Å². The van der Waals surface area contributed by atoms with Crippen molar-refractivity contribution in [2.75, 3.05) is 11.9 Å². The normalized spacial score (nSPS) is 20.8. The lowest BCUT2D eigenvalue weighted by atomic mass is 9.93. The number of alkyl carbamates (subject to hydrolysis) is 1. The molecule has 1 heterocycles. The molecule has 0 saturated heterocycles. The van der Waals surface area contributed by atoms with Gasteiger partial charge in [-0.15, -0.1) is 0 Å². The van der Waals surface area contributed by atoms with E-state index in [0.29, 0.717) is 18.4 Å². The van der Waals surface area contributed by atoms with Gasteiger partial charge in [0.25, 0.3) is 0 Å². The Bertz CT molecular complexity index is 524. The number of nitrogens with zero attached hydrogens (tertiary/aromatic N) is 2. The molecule has 23 heavy (non-hydrogen) atoms. The van der Waals surface area contributed by atoms with Crippen molar-refractivity contribution < 1.29 is 9.53 Å². The Labute approximate surface area is 149 Å². The number of anilines is 1. The number of hydrogen-bond donors (Lipinski definition) is 2. The van der Waals surface area contributed by atoms with Gasteiger partial charge < -0.3 is 15.4 Å². The predicted molar refractivity (Wildman–Crippen MR) is 93.8 cm³/mol. The molecule has 1 saturated carbocycles. The third-order valence-corrected chi connectivity index (χ3v) is 4.57. The summed E-state index contributed by atoms with van der Waals surface area (Å²) >= 11 is 9.23. The molecule has 1 aromatic rings. The summed E-state index contributed by atoms with van der Waals surface area (Å²) in [6.07, 6.45) is 6.87. The lowest BCUT2D eigenvalue weighted by Gasteiger charge is -2.29. The third kappa shape index (κ3) is 6.14. The second-order valence-corrected chi connectivity index (χ2v) is 6.83. The Kier molecular flexibility index (Phi) is 7.36. The first-order valence-corrected chi connectivity index (χ1v) is 9.14. The van der Waals surface area contributed by atoms with Crippen LogP contribution < -0.4 is 10.6 Å². The molecule has 1 aliphatic rings. The summed E-state index contributed by atoms with van der Waals surface area (Å²) < 4.78 is 6.23. The number of halogens is 2.